The van der Waals surface area contributed by atoms with E-state index in [0.29, 0.717) is 6.61 Å². The van der Waals surface area contributed by atoms with Crippen LogP contribution in [-0.4, -0.2) is 46.7 Å². The zero-order valence-corrected chi connectivity index (χ0v) is 18.6. The zero-order chi connectivity index (χ0) is 20.7. The van der Waals surface area contributed by atoms with Gasteiger partial charge in [0.2, 0.25) is 0 Å². The van der Waals surface area contributed by atoms with Crippen LogP contribution in [0, 0.1) is 0 Å². The second-order valence-corrected chi connectivity index (χ2v) is 9.92. The molecule has 0 bridgehead atoms. The summed E-state index contributed by atoms with van der Waals surface area (Å²) in [7, 11) is 0. The number of nitrogens with two attached hydrogens (primary N) is 1. The van der Waals surface area contributed by atoms with Crippen molar-refractivity contribution in [3.63, 3.8) is 0 Å². The Balaban J connectivity index is 1.66. The summed E-state index contributed by atoms with van der Waals surface area (Å²) in [5.41, 5.74) is 9.06. The van der Waals surface area contributed by atoms with Gasteiger partial charge in [0.15, 0.2) is 0 Å². The molecule has 30 heavy (non-hydrogen) atoms. The van der Waals surface area contributed by atoms with E-state index < -0.39 is 0 Å². The molecule has 3 N–H and O–H groups in total. The molecular formula is C22H30N6OS. The summed E-state index contributed by atoms with van der Waals surface area (Å²) < 4.78 is 7.31. The number of unbranched alkanes of at least 4 members (excludes halogenated alkanes) is 1. The van der Waals surface area contributed by atoms with Gasteiger partial charge in [0.1, 0.15) is 22.8 Å². The molecule has 3 aromatic heterocycles. The quantitative estimate of drug-likeness (QED) is 0.579. The predicted molar refractivity (Wildman–Crippen MR) is 124 cm³/mol. The van der Waals surface area contributed by atoms with Crippen molar-refractivity contribution in [3.05, 3.63) is 17.5 Å². The molecule has 1 fully saturated rings. The fourth-order valence-electron chi connectivity index (χ4n) is 4.58. The van der Waals surface area contributed by atoms with Crippen LogP contribution < -0.4 is 16.0 Å². The van der Waals surface area contributed by atoms with Crippen molar-refractivity contribution in [2.45, 2.75) is 58.2 Å². The average Bonchev–Trinajstić information content (AvgIpc) is 3.38. The zero-order valence-electron chi connectivity index (χ0n) is 17.8. The summed E-state index contributed by atoms with van der Waals surface area (Å²) >= 11 is 1.71. The fraction of sp³-hybridized carbons (Fsp3) is 0.591. The number of fused-ring (bicyclic) bond motifs is 5. The van der Waals surface area contributed by atoms with Crippen LogP contribution in [-0.2, 0) is 17.8 Å². The summed E-state index contributed by atoms with van der Waals surface area (Å²) in [5, 5.41) is 4.68. The molecule has 0 amide bonds. The lowest BCUT2D eigenvalue weighted by atomic mass is 9.90. The standard InChI is InChI=1S/C22H30N6OS/c1-22(2)11-14-15(12-29-22)20(28-9-5-6-10-28)27-21-16(14)17-18(30-21)19(26-13-25-17)24-8-4-3-7-23/h13H,3-12,23H2,1-2H3,(H,24,25,26). The van der Waals surface area contributed by atoms with Crippen LogP contribution in [0.2, 0.25) is 0 Å². The summed E-state index contributed by atoms with van der Waals surface area (Å²) in [6.07, 6.45) is 7.05. The third kappa shape index (κ3) is 3.50. The molecule has 5 rings (SSSR count). The number of nitrogens with one attached hydrogen (secondary N) is 1. The minimum absolute atomic E-state index is 0.186. The van der Waals surface area contributed by atoms with Gasteiger partial charge in [-0.15, -0.1) is 11.3 Å². The monoisotopic (exact) mass is 426 g/mol. The Kier molecular flexibility index (Phi) is 5.24. The Morgan fingerprint density at radius 3 is 2.83 bits per heavy atom. The number of rotatable bonds is 6. The number of aromatic nitrogens is 3. The Bertz CT molecular complexity index is 1070. The Hall–Kier alpha value is -2.03. The third-order valence-electron chi connectivity index (χ3n) is 6.14. The molecule has 5 heterocycles. The smallest absolute Gasteiger partial charge is 0.147 e. The molecule has 3 aromatic rings. The first-order valence-electron chi connectivity index (χ1n) is 11.0. The number of hydrogen-bond donors (Lipinski definition) is 2. The van der Waals surface area contributed by atoms with E-state index in [1.807, 2.05) is 0 Å². The summed E-state index contributed by atoms with van der Waals surface area (Å²) in [6.45, 7) is 8.70. The van der Waals surface area contributed by atoms with Crippen LogP contribution in [0.15, 0.2) is 6.33 Å². The van der Waals surface area contributed by atoms with Crippen molar-refractivity contribution in [3.8, 4) is 0 Å². The van der Waals surface area contributed by atoms with Gasteiger partial charge in [-0.05, 0) is 51.6 Å². The average molecular weight is 427 g/mol. The molecule has 2 aliphatic heterocycles. The van der Waals surface area contributed by atoms with E-state index in [4.69, 9.17) is 20.4 Å². The highest BCUT2D eigenvalue weighted by Crippen LogP contribution is 2.44. The van der Waals surface area contributed by atoms with Crippen LogP contribution >= 0.6 is 11.3 Å². The summed E-state index contributed by atoms with van der Waals surface area (Å²) in [4.78, 5) is 17.9. The molecule has 7 nitrogen and oxygen atoms in total. The molecule has 0 aromatic carbocycles. The maximum Gasteiger partial charge on any atom is 0.147 e. The minimum atomic E-state index is -0.186. The fourth-order valence-corrected chi connectivity index (χ4v) is 5.70. The summed E-state index contributed by atoms with van der Waals surface area (Å²) in [6, 6.07) is 0. The normalized spacial score (nSPS) is 18.3. The van der Waals surface area contributed by atoms with Crippen LogP contribution in [0.5, 0.6) is 0 Å². The topological polar surface area (TPSA) is 89.2 Å². The number of hydrogen-bond acceptors (Lipinski definition) is 8. The maximum absolute atomic E-state index is 6.21. The van der Waals surface area contributed by atoms with Gasteiger partial charge >= 0.3 is 0 Å². The molecular weight excluding hydrogens is 396 g/mol. The Morgan fingerprint density at radius 2 is 2.03 bits per heavy atom. The highest BCUT2D eigenvalue weighted by Gasteiger charge is 2.33. The number of nitrogens with zero attached hydrogens (tertiary/aromatic N) is 4. The van der Waals surface area contributed by atoms with E-state index in [1.54, 1.807) is 17.7 Å². The largest absolute Gasteiger partial charge is 0.370 e. The third-order valence-corrected chi connectivity index (χ3v) is 7.21. The number of anilines is 2. The first kappa shape index (κ1) is 19.9. The number of thiophene rings is 1. The number of pyridine rings is 1. The molecule has 2 aliphatic rings. The van der Waals surface area contributed by atoms with Crippen molar-refractivity contribution in [2.24, 2.45) is 5.73 Å². The number of ether oxygens (including phenoxy) is 1. The second-order valence-electron chi connectivity index (χ2n) is 8.92. The van der Waals surface area contributed by atoms with Crippen LogP contribution in [0.1, 0.15) is 50.7 Å². The molecule has 0 saturated carbocycles. The Morgan fingerprint density at radius 1 is 1.20 bits per heavy atom. The Labute approximate surface area is 181 Å². The van der Waals surface area contributed by atoms with E-state index >= 15 is 0 Å². The van der Waals surface area contributed by atoms with E-state index in [1.165, 1.54) is 29.4 Å². The van der Waals surface area contributed by atoms with Crippen LogP contribution in [0.4, 0.5) is 11.6 Å². The van der Waals surface area contributed by atoms with Crippen molar-refractivity contribution < 1.29 is 4.74 Å². The lowest BCUT2D eigenvalue weighted by Crippen LogP contribution is -2.33. The van der Waals surface area contributed by atoms with Gasteiger partial charge < -0.3 is 20.7 Å². The highest BCUT2D eigenvalue weighted by molar-refractivity contribution is 7.26. The molecule has 0 radical (unpaired) electrons. The van der Waals surface area contributed by atoms with Gasteiger partial charge in [-0.3, -0.25) is 0 Å². The second kappa shape index (κ2) is 7.90. The molecule has 160 valence electrons. The molecule has 0 aliphatic carbocycles. The van der Waals surface area contributed by atoms with E-state index in [2.05, 4.69) is 29.0 Å². The van der Waals surface area contributed by atoms with Gasteiger partial charge in [0.25, 0.3) is 0 Å². The lowest BCUT2D eigenvalue weighted by Gasteiger charge is -2.34. The molecule has 0 spiro atoms. The maximum atomic E-state index is 6.21. The van der Waals surface area contributed by atoms with Gasteiger partial charge in [0, 0.05) is 37.0 Å². The molecule has 8 heteroatoms. The lowest BCUT2D eigenvalue weighted by molar-refractivity contribution is -0.0395. The van der Waals surface area contributed by atoms with Gasteiger partial charge in [-0.1, -0.05) is 0 Å². The van der Waals surface area contributed by atoms with E-state index in [0.717, 1.165) is 72.1 Å². The SMILES string of the molecule is CC1(C)Cc2c(c(N3CCCC3)nc3sc4c(NCCCCN)ncnc4c23)CO1. The summed E-state index contributed by atoms with van der Waals surface area (Å²) in [5.74, 6) is 2.02. The van der Waals surface area contributed by atoms with Crippen molar-refractivity contribution >= 4 is 43.4 Å². The van der Waals surface area contributed by atoms with Gasteiger partial charge in [-0.25, -0.2) is 15.0 Å². The van der Waals surface area contributed by atoms with Gasteiger partial charge in [-0.2, -0.15) is 0 Å². The molecule has 0 atom stereocenters. The van der Waals surface area contributed by atoms with E-state index in [9.17, 15) is 0 Å². The first-order valence-corrected chi connectivity index (χ1v) is 11.8. The van der Waals surface area contributed by atoms with Crippen LogP contribution in [0.25, 0.3) is 20.4 Å². The van der Waals surface area contributed by atoms with E-state index in [-0.39, 0.29) is 5.60 Å². The van der Waals surface area contributed by atoms with Crippen LogP contribution in [0.3, 0.4) is 0 Å². The van der Waals surface area contributed by atoms with Gasteiger partial charge in [0.05, 0.1) is 22.4 Å². The van der Waals surface area contributed by atoms with Crippen molar-refractivity contribution in [2.75, 3.05) is 36.4 Å². The van der Waals surface area contributed by atoms with Crippen molar-refractivity contribution in [1.29, 1.82) is 0 Å². The van der Waals surface area contributed by atoms with Crippen molar-refractivity contribution in [1.82, 2.24) is 15.0 Å². The first-order chi connectivity index (χ1) is 14.6. The predicted octanol–water partition coefficient (Wildman–Crippen LogP) is 3.84. The molecule has 0 unspecified atom stereocenters. The minimum Gasteiger partial charge on any atom is -0.370 e. The highest BCUT2D eigenvalue weighted by atomic mass is 32.1. The molecule has 1 saturated heterocycles.